The minimum atomic E-state index is -0.109. The van der Waals surface area contributed by atoms with E-state index in [0.717, 1.165) is 25.2 Å². The molecule has 1 amide bonds. The van der Waals surface area contributed by atoms with Gasteiger partial charge in [0.05, 0.1) is 19.3 Å². The van der Waals surface area contributed by atoms with Gasteiger partial charge >= 0.3 is 0 Å². The van der Waals surface area contributed by atoms with E-state index in [9.17, 15) is 4.79 Å². The van der Waals surface area contributed by atoms with Gasteiger partial charge in [-0.1, -0.05) is 24.3 Å². The van der Waals surface area contributed by atoms with Crippen LogP contribution in [0.4, 0.5) is 0 Å². The van der Waals surface area contributed by atoms with Crippen LogP contribution in [0.1, 0.15) is 21.5 Å². The van der Waals surface area contributed by atoms with E-state index >= 15 is 0 Å². The zero-order valence-electron chi connectivity index (χ0n) is 12.6. The molecule has 0 saturated heterocycles. The molecule has 0 bridgehead atoms. The number of carbonyl (C=O) groups is 1. The molecule has 0 aromatic heterocycles. The summed E-state index contributed by atoms with van der Waals surface area (Å²) in [5.41, 5.74) is 3.03. The van der Waals surface area contributed by atoms with Crippen molar-refractivity contribution in [2.75, 3.05) is 20.3 Å². The number of ether oxygens (including phenoxy) is 2. The van der Waals surface area contributed by atoms with E-state index in [1.807, 2.05) is 18.2 Å². The maximum atomic E-state index is 12.2. The van der Waals surface area contributed by atoms with E-state index in [1.165, 1.54) is 11.1 Å². The number of para-hydroxylation sites is 1. The fraction of sp³-hybridized carbons (Fsp3) is 0.278. The van der Waals surface area contributed by atoms with Crippen LogP contribution < -0.4 is 14.8 Å². The molecule has 3 rings (SSSR count). The Labute approximate surface area is 130 Å². The van der Waals surface area contributed by atoms with Crippen molar-refractivity contribution in [1.82, 2.24) is 5.32 Å². The molecule has 0 radical (unpaired) electrons. The third-order valence-corrected chi connectivity index (χ3v) is 3.80. The number of fused-ring (bicyclic) bond motifs is 1. The van der Waals surface area contributed by atoms with Crippen molar-refractivity contribution in [3.8, 4) is 11.5 Å². The number of rotatable bonds is 5. The summed E-state index contributed by atoms with van der Waals surface area (Å²) >= 11 is 0. The van der Waals surface area contributed by atoms with Crippen molar-refractivity contribution < 1.29 is 14.3 Å². The molecule has 4 heteroatoms. The van der Waals surface area contributed by atoms with Gasteiger partial charge in [0.1, 0.15) is 11.5 Å². The Balaban J connectivity index is 1.58. The summed E-state index contributed by atoms with van der Waals surface area (Å²) in [5, 5.41) is 2.94. The minimum Gasteiger partial charge on any atom is -0.496 e. The van der Waals surface area contributed by atoms with Gasteiger partial charge in [0.25, 0.3) is 5.91 Å². The summed E-state index contributed by atoms with van der Waals surface area (Å²) in [6.07, 6.45) is 1.77. The molecule has 1 N–H and O–H groups in total. The molecule has 114 valence electrons. The highest BCUT2D eigenvalue weighted by Crippen LogP contribution is 2.25. The molecule has 1 aliphatic rings. The standard InChI is InChI=1S/C18H19NO3/c1-21-17-5-3-2-4-15(17)18(20)19-10-8-13-6-7-16-14(12-13)9-11-22-16/h2-7,12H,8-11H2,1H3,(H,19,20). The molecule has 0 aliphatic carbocycles. The van der Waals surface area contributed by atoms with E-state index in [4.69, 9.17) is 9.47 Å². The number of nitrogens with one attached hydrogen (secondary N) is 1. The molecule has 1 heterocycles. The molecule has 1 aliphatic heterocycles. The van der Waals surface area contributed by atoms with Gasteiger partial charge in [-0.2, -0.15) is 0 Å². The second-order valence-electron chi connectivity index (χ2n) is 5.25. The molecule has 0 spiro atoms. The fourth-order valence-electron chi connectivity index (χ4n) is 2.64. The van der Waals surface area contributed by atoms with Crippen LogP contribution in [0.2, 0.25) is 0 Å². The van der Waals surface area contributed by atoms with Crippen molar-refractivity contribution in [1.29, 1.82) is 0 Å². The van der Waals surface area contributed by atoms with Crippen LogP contribution in [0, 0.1) is 0 Å². The second-order valence-corrected chi connectivity index (χ2v) is 5.25. The molecule has 0 saturated carbocycles. The van der Waals surface area contributed by atoms with Gasteiger partial charge in [0.2, 0.25) is 0 Å². The summed E-state index contributed by atoms with van der Waals surface area (Å²) in [7, 11) is 1.57. The lowest BCUT2D eigenvalue weighted by Gasteiger charge is -2.09. The van der Waals surface area contributed by atoms with Crippen LogP contribution in [0.3, 0.4) is 0 Å². The monoisotopic (exact) mass is 297 g/mol. The summed E-state index contributed by atoms with van der Waals surface area (Å²) < 4.78 is 10.7. The van der Waals surface area contributed by atoms with Crippen molar-refractivity contribution in [3.63, 3.8) is 0 Å². The highest BCUT2D eigenvalue weighted by molar-refractivity contribution is 5.96. The minimum absolute atomic E-state index is 0.109. The number of methoxy groups -OCH3 is 1. The average molecular weight is 297 g/mol. The molecule has 2 aromatic carbocycles. The lowest BCUT2D eigenvalue weighted by atomic mass is 10.1. The fourth-order valence-corrected chi connectivity index (χ4v) is 2.64. The summed E-state index contributed by atoms with van der Waals surface area (Å²) in [6, 6.07) is 13.5. The molecule has 0 fully saturated rings. The number of hydrogen-bond acceptors (Lipinski definition) is 3. The Morgan fingerprint density at radius 2 is 2.14 bits per heavy atom. The molecular weight excluding hydrogens is 278 g/mol. The third-order valence-electron chi connectivity index (χ3n) is 3.80. The van der Waals surface area contributed by atoms with E-state index in [2.05, 4.69) is 17.4 Å². The van der Waals surface area contributed by atoms with Crippen molar-refractivity contribution >= 4 is 5.91 Å². The number of amides is 1. The Kier molecular flexibility index (Phi) is 4.28. The first-order chi connectivity index (χ1) is 10.8. The van der Waals surface area contributed by atoms with Gasteiger partial charge in [0, 0.05) is 13.0 Å². The largest absolute Gasteiger partial charge is 0.496 e. The summed E-state index contributed by atoms with van der Waals surface area (Å²) in [6.45, 7) is 1.36. The molecule has 4 nitrogen and oxygen atoms in total. The van der Waals surface area contributed by atoms with Gasteiger partial charge in [-0.3, -0.25) is 4.79 Å². The molecular formula is C18H19NO3. The van der Waals surface area contributed by atoms with E-state index in [-0.39, 0.29) is 5.91 Å². The van der Waals surface area contributed by atoms with Crippen LogP contribution in [0.25, 0.3) is 0 Å². The van der Waals surface area contributed by atoms with Gasteiger partial charge in [-0.25, -0.2) is 0 Å². The third kappa shape index (κ3) is 3.06. The van der Waals surface area contributed by atoms with E-state index in [0.29, 0.717) is 17.9 Å². The Morgan fingerprint density at radius 3 is 3.00 bits per heavy atom. The lowest BCUT2D eigenvalue weighted by molar-refractivity contribution is 0.0951. The maximum Gasteiger partial charge on any atom is 0.255 e. The van der Waals surface area contributed by atoms with Gasteiger partial charge in [-0.05, 0) is 35.7 Å². The van der Waals surface area contributed by atoms with Crippen LogP contribution >= 0.6 is 0 Å². The van der Waals surface area contributed by atoms with Gasteiger partial charge in [-0.15, -0.1) is 0 Å². The second kappa shape index (κ2) is 6.52. The Morgan fingerprint density at radius 1 is 1.27 bits per heavy atom. The van der Waals surface area contributed by atoms with E-state index in [1.54, 1.807) is 19.2 Å². The molecule has 2 aromatic rings. The normalized spacial score (nSPS) is 12.4. The van der Waals surface area contributed by atoms with Crippen molar-refractivity contribution in [2.24, 2.45) is 0 Å². The number of hydrogen-bond donors (Lipinski definition) is 1. The van der Waals surface area contributed by atoms with Crippen LogP contribution in [0.5, 0.6) is 11.5 Å². The van der Waals surface area contributed by atoms with Crippen molar-refractivity contribution in [3.05, 3.63) is 59.2 Å². The van der Waals surface area contributed by atoms with Crippen LogP contribution in [-0.4, -0.2) is 26.2 Å². The SMILES string of the molecule is COc1ccccc1C(=O)NCCc1ccc2c(c1)CCO2. The number of benzene rings is 2. The summed E-state index contributed by atoms with van der Waals surface area (Å²) in [4.78, 5) is 12.2. The quantitative estimate of drug-likeness (QED) is 0.923. The first kappa shape index (κ1) is 14.4. The average Bonchev–Trinajstić information content (AvgIpc) is 3.02. The predicted octanol–water partition coefficient (Wildman–Crippen LogP) is 2.60. The molecule has 0 atom stereocenters. The van der Waals surface area contributed by atoms with Crippen molar-refractivity contribution in [2.45, 2.75) is 12.8 Å². The zero-order chi connectivity index (χ0) is 15.4. The lowest BCUT2D eigenvalue weighted by Crippen LogP contribution is -2.26. The summed E-state index contributed by atoms with van der Waals surface area (Å²) in [5.74, 6) is 1.47. The Bertz CT molecular complexity index is 682. The van der Waals surface area contributed by atoms with E-state index < -0.39 is 0 Å². The first-order valence-electron chi connectivity index (χ1n) is 7.44. The van der Waals surface area contributed by atoms with Gasteiger partial charge in [0.15, 0.2) is 0 Å². The zero-order valence-corrected chi connectivity index (χ0v) is 12.6. The molecule has 0 unspecified atom stereocenters. The smallest absolute Gasteiger partial charge is 0.255 e. The predicted molar refractivity (Wildman–Crippen MR) is 84.7 cm³/mol. The highest BCUT2D eigenvalue weighted by atomic mass is 16.5. The van der Waals surface area contributed by atoms with Crippen LogP contribution in [0.15, 0.2) is 42.5 Å². The topological polar surface area (TPSA) is 47.6 Å². The van der Waals surface area contributed by atoms with Gasteiger partial charge < -0.3 is 14.8 Å². The molecule has 22 heavy (non-hydrogen) atoms. The highest BCUT2D eigenvalue weighted by Gasteiger charge is 2.13. The maximum absolute atomic E-state index is 12.2. The first-order valence-corrected chi connectivity index (χ1v) is 7.44. The van der Waals surface area contributed by atoms with Crippen LogP contribution in [-0.2, 0) is 12.8 Å². The number of carbonyl (C=O) groups excluding carboxylic acids is 1. The Hall–Kier alpha value is -2.49.